The Kier molecular flexibility index (Phi) is 3.14. The maximum absolute atomic E-state index is 9.31. The Hall–Kier alpha value is -0.290. The van der Waals surface area contributed by atoms with Crippen LogP contribution in [-0.4, -0.2) is 11.7 Å². The second-order valence-corrected chi connectivity index (χ2v) is 3.56. The van der Waals surface area contributed by atoms with Crippen LogP contribution >= 0.6 is 22.6 Å². The summed E-state index contributed by atoms with van der Waals surface area (Å²) < 4.78 is 1.13. The zero-order chi connectivity index (χ0) is 8.27. The number of nitrogens with two attached hydrogens (primary N) is 1. The maximum atomic E-state index is 9.31. The van der Waals surface area contributed by atoms with Crippen LogP contribution < -0.4 is 5.73 Å². The molecule has 0 atom stereocenters. The Morgan fingerprint density at radius 3 is 2.82 bits per heavy atom. The summed E-state index contributed by atoms with van der Waals surface area (Å²) >= 11 is 2.21. The van der Waals surface area contributed by atoms with Gasteiger partial charge in [-0.2, -0.15) is 0 Å². The molecule has 0 aliphatic heterocycles. The topological polar surface area (TPSA) is 46.2 Å². The first kappa shape index (κ1) is 8.80. The highest BCUT2D eigenvalue weighted by Crippen LogP contribution is 2.19. The predicted octanol–water partition coefficient (Wildman–Crippen LogP) is 1.50. The molecule has 0 aliphatic rings. The van der Waals surface area contributed by atoms with E-state index in [4.69, 9.17) is 5.73 Å². The number of benzene rings is 1. The molecule has 1 aromatic carbocycles. The van der Waals surface area contributed by atoms with Crippen molar-refractivity contribution >= 4 is 22.6 Å². The molecule has 0 aromatic heterocycles. The van der Waals surface area contributed by atoms with Crippen molar-refractivity contribution in [3.63, 3.8) is 0 Å². The fourth-order valence-electron chi connectivity index (χ4n) is 0.910. The molecule has 0 fully saturated rings. The highest BCUT2D eigenvalue weighted by molar-refractivity contribution is 14.1. The van der Waals surface area contributed by atoms with E-state index in [0.29, 0.717) is 12.3 Å². The Bertz CT molecular complexity index is 250. The molecule has 0 saturated carbocycles. The molecule has 0 radical (unpaired) electrons. The molecule has 1 rings (SSSR count). The monoisotopic (exact) mass is 263 g/mol. The van der Waals surface area contributed by atoms with E-state index in [-0.39, 0.29) is 0 Å². The molecule has 11 heavy (non-hydrogen) atoms. The first-order valence-corrected chi connectivity index (χ1v) is 4.49. The van der Waals surface area contributed by atoms with Gasteiger partial charge in [0.2, 0.25) is 0 Å². The zero-order valence-electron chi connectivity index (χ0n) is 6.05. The van der Waals surface area contributed by atoms with Crippen molar-refractivity contribution in [3.05, 3.63) is 27.3 Å². The Balaban J connectivity index is 2.93. The Morgan fingerprint density at radius 2 is 2.18 bits per heavy atom. The summed E-state index contributed by atoms with van der Waals surface area (Å²) in [7, 11) is 0. The van der Waals surface area contributed by atoms with Gasteiger partial charge in [-0.1, -0.05) is 0 Å². The molecule has 0 heterocycles. The summed E-state index contributed by atoms with van der Waals surface area (Å²) in [5.74, 6) is 0.343. The minimum absolute atomic E-state index is 0.343. The quantitative estimate of drug-likeness (QED) is 0.794. The minimum Gasteiger partial charge on any atom is -0.508 e. The van der Waals surface area contributed by atoms with Crippen molar-refractivity contribution in [2.75, 3.05) is 6.54 Å². The average Bonchev–Trinajstić information content (AvgIpc) is 1.98. The smallest absolute Gasteiger partial charge is 0.118 e. The summed E-state index contributed by atoms with van der Waals surface area (Å²) in [5.41, 5.74) is 6.30. The third-order valence-electron chi connectivity index (χ3n) is 1.46. The van der Waals surface area contributed by atoms with E-state index >= 15 is 0 Å². The molecule has 0 aliphatic carbocycles. The van der Waals surface area contributed by atoms with Gasteiger partial charge in [-0.25, -0.2) is 0 Å². The second-order valence-electron chi connectivity index (χ2n) is 2.31. The molecule has 0 amide bonds. The van der Waals surface area contributed by atoms with Crippen molar-refractivity contribution in [1.82, 2.24) is 0 Å². The van der Waals surface area contributed by atoms with Crippen molar-refractivity contribution < 1.29 is 5.11 Å². The lowest BCUT2D eigenvalue weighted by Crippen LogP contribution is -2.02. The van der Waals surface area contributed by atoms with Crippen LogP contribution in [0.3, 0.4) is 0 Å². The highest BCUT2D eigenvalue weighted by Gasteiger charge is 1.99. The van der Waals surface area contributed by atoms with Crippen LogP contribution in [0.15, 0.2) is 18.2 Å². The number of hydrogen-bond donors (Lipinski definition) is 2. The van der Waals surface area contributed by atoms with Gasteiger partial charge in [0.25, 0.3) is 0 Å². The lowest BCUT2D eigenvalue weighted by atomic mass is 10.1. The van der Waals surface area contributed by atoms with Gasteiger partial charge in [0, 0.05) is 3.57 Å². The van der Waals surface area contributed by atoms with E-state index in [1.165, 1.54) is 0 Å². The highest BCUT2D eigenvalue weighted by atomic mass is 127. The minimum atomic E-state index is 0.343. The summed E-state index contributed by atoms with van der Waals surface area (Å²) in [6.07, 6.45) is 0.739. The number of phenols is 1. The molecule has 1 aromatic rings. The zero-order valence-corrected chi connectivity index (χ0v) is 8.21. The SMILES string of the molecule is NCCc1cc(I)ccc1O. The van der Waals surface area contributed by atoms with E-state index in [1.807, 2.05) is 12.1 Å². The second kappa shape index (κ2) is 3.92. The van der Waals surface area contributed by atoms with E-state index in [2.05, 4.69) is 22.6 Å². The van der Waals surface area contributed by atoms with E-state index in [1.54, 1.807) is 6.07 Å². The van der Waals surface area contributed by atoms with Gasteiger partial charge in [0.1, 0.15) is 5.75 Å². The molecule has 0 saturated heterocycles. The largest absolute Gasteiger partial charge is 0.508 e. The molecule has 0 bridgehead atoms. The van der Waals surface area contributed by atoms with E-state index in [0.717, 1.165) is 15.6 Å². The van der Waals surface area contributed by atoms with Crippen molar-refractivity contribution in [2.24, 2.45) is 5.73 Å². The molecular weight excluding hydrogens is 253 g/mol. The standard InChI is InChI=1S/C8H10INO/c9-7-1-2-8(11)6(5-7)3-4-10/h1-2,5,11H,3-4,10H2. The molecule has 0 unspecified atom stereocenters. The molecule has 3 N–H and O–H groups in total. The van der Waals surface area contributed by atoms with Crippen LogP contribution in [0.4, 0.5) is 0 Å². The molecule has 2 nitrogen and oxygen atoms in total. The number of aromatic hydroxyl groups is 1. The van der Waals surface area contributed by atoms with Crippen molar-refractivity contribution in [3.8, 4) is 5.75 Å². The first-order valence-electron chi connectivity index (χ1n) is 3.41. The number of halogens is 1. The first-order chi connectivity index (χ1) is 5.24. The Labute approximate surface area is 79.6 Å². The summed E-state index contributed by atoms with van der Waals surface area (Å²) in [5, 5.41) is 9.31. The fourth-order valence-corrected chi connectivity index (χ4v) is 1.47. The third-order valence-corrected chi connectivity index (χ3v) is 2.13. The van der Waals surface area contributed by atoms with Crippen LogP contribution in [0.2, 0.25) is 0 Å². The normalized spacial score (nSPS) is 10.0. The van der Waals surface area contributed by atoms with Crippen molar-refractivity contribution in [1.29, 1.82) is 0 Å². The lowest BCUT2D eigenvalue weighted by molar-refractivity contribution is 0.468. The van der Waals surface area contributed by atoms with Crippen LogP contribution in [0.5, 0.6) is 5.75 Å². The number of hydrogen-bond acceptors (Lipinski definition) is 2. The van der Waals surface area contributed by atoms with Crippen LogP contribution in [0.1, 0.15) is 5.56 Å². The van der Waals surface area contributed by atoms with E-state index in [9.17, 15) is 5.11 Å². The number of rotatable bonds is 2. The predicted molar refractivity (Wildman–Crippen MR) is 53.6 cm³/mol. The van der Waals surface area contributed by atoms with Gasteiger partial charge in [-0.3, -0.25) is 0 Å². The van der Waals surface area contributed by atoms with Crippen molar-refractivity contribution in [2.45, 2.75) is 6.42 Å². The molecule has 60 valence electrons. The third kappa shape index (κ3) is 2.34. The molecular formula is C8H10INO. The lowest BCUT2D eigenvalue weighted by Gasteiger charge is -2.02. The fraction of sp³-hybridized carbons (Fsp3) is 0.250. The molecule has 0 spiro atoms. The molecule has 3 heteroatoms. The van der Waals surface area contributed by atoms with Crippen LogP contribution in [-0.2, 0) is 6.42 Å². The summed E-state index contributed by atoms with van der Waals surface area (Å²) in [6, 6.07) is 5.52. The van der Waals surface area contributed by atoms with Gasteiger partial charge in [-0.15, -0.1) is 0 Å². The van der Waals surface area contributed by atoms with Gasteiger partial charge < -0.3 is 10.8 Å². The van der Waals surface area contributed by atoms with Gasteiger partial charge in [0.05, 0.1) is 0 Å². The van der Waals surface area contributed by atoms with Crippen LogP contribution in [0.25, 0.3) is 0 Å². The summed E-state index contributed by atoms with van der Waals surface area (Å²) in [6.45, 7) is 0.577. The Morgan fingerprint density at radius 1 is 1.45 bits per heavy atom. The average molecular weight is 263 g/mol. The summed E-state index contributed by atoms with van der Waals surface area (Å²) in [4.78, 5) is 0. The van der Waals surface area contributed by atoms with E-state index < -0.39 is 0 Å². The maximum Gasteiger partial charge on any atom is 0.118 e. The number of phenolic OH excluding ortho intramolecular Hbond substituents is 1. The van der Waals surface area contributed by atoms with Gasteiger partial charge >= 0.3 is 0 Å². The van der Waals surface area contributed by atoms with Crippen LogP contribution in [0, 0.1) is 3.57 Å². The van der Waals surface area contributed by atoms with Gasteiger partial charge in [0.15, 0.2) is 0 Å². The van der Waals surface area contributed by atoms with Gasteiger partial charge in [-0.05, 0) is 59.3 Å².